The first-order valence-electron chi connectivity index (χ1n) is 4.30. The Labute approximate surface area is 87.3 Å². The molecule has 1 N–H and O–H groups in total. The summed E-state index contributed by atoms with van der Waals surface area (Å²) in [5, 5.41) is 9.39. The third kappa shape index (κ3) is 2.86. The molecule has 4 heteroatoms. The predicted molar refractivity (Wildman–Crippen MR) is 53.2 cm³/mol. The monoisotopic (exact) mass is 218 g/mol. The summed E-state index contributed by atoms with van der Waals surface area (Å²) in [6.45, 7) is 3.33. The standard InChI is InChI=1S/C10H12ClFO2/c1-6(13)7(2)14-10-4-3-8(12)5-9(10)11/h3-7,13H,1-2H3. The average molecular weight is 219 g/mol. The Bertz CT molecular complexity index is 315. The molecular formula is C10H12ClFO2. The van der Waals surface area contributed by atoms with E-state index in [0.717, 1.165) is 0 Å². The van der Waals surface area contributed by atoms with Gasteiger partial charge in [-0.3, -0.25) is 0 Å². The molecule has 1 rings (SSSR count). The fraction of sp³-hybridized carbons (Fsp3) is 0.400. The minimum absolute atomic E-state index is 0.206. The molecule has 78 valence electrons. The van der Waals surface area contributed by atoms with Crippen molar-refractivity contribution in [2.45, 2.75) is 26.1 Å². The first kappa shape index (κ1) is 11.3. The number of halogens is 2. The highest BCUT2D eigenvalue weighted by Gasteiger charge is 2.12. The molecular weight excluding hydrogens is 207 g/mol. The Morgan fingerprint density at radius 2 is 2.07 bits per heavy atom. The number of aliphatic hydroxyl groups is 1. The first-order chi connectivity index (χ1) is 6.50. The minimum Gasteiger partial charge on any atom is -0.486 e. The van der Waals surface area contributed by atoms with Gasteiger partial charge in [-0.15, -0.1) is 0 Å². The van der Waals surface area contributed by atoms with E-state index in [1.54, 1.807) is 13.8 Å². The van der Waals surface area contributed by atoms with E-state index in [1.807, 2.05) is 0 Å². The largest absolute Gasteiger partial charge is 0.486 e. The van der Waals surface area contributed by atoms with E-state index in [-0.39, 0.29) is 11.1 Å². The van der Waals surface area contributed by atoms with Gasteiger partial charge >= 0.3 is 0 Å². The van der Waals surface area contributed by atoms with Crippen molar-refractivity contribution in [3.05, 3.63) is 29.0 Å². The molecule has 2 nitrogen and oxygen atoms in total. The maximum atomic E-state index is 12.7. The Morgan fingerprint density at radius 1 is 1.43 bits per heavy atom. The van der Waals surface area contributed by atoms with Crippen LogP contribution in [0, 0.1) is 5.82 Å². The van der Waals surface area contributed by atoms with Crippen molar-refractivity contribution in [2.24, 2.45) is 0 Å². The topological polar surface area (TPSA) is 29.5 Å². The Morgan fingerprint density at radius 3 is 2.57 bits per heavy atom. The number of rotatable bonds is 3. The molecule has 0 radical (unpaired) electrons. The van der Waals surface area contributed by atoms with Gasteiger partial charge in [0.15, 0.2) is 0 Å². The van der Waals surface area contributed by atoms with Crippen LogP contribution < -0.4 is 4.74 Å². The van der Waals surface area contributed by atoms with Crippen LogP contribution in [0.25, 0.3) is 0 Å². The Hall–Kier alpha value is -0.800. The van der Waals surface area contributed by atoms with Crippen molar-refractivity contribution in [1.29, 1.82) is 0 Å². The fourth-order valence-corrected chi connectivity index (χ4v) is 1.08. The van der Waals surface area contributed by atoms with Crippen molar-refractivity contribution in [3.8, 4) is 5.75 Å². The van der Waals surface area contributed by atoms with Crippen LogP contribution in [0.1, 0.15) is 13.8 Å². The molecule has 0 aliphatic carbocycles. The average Bonchev–Trinajstić information content (AvgIpc) is 2.09. The van der Waals surface area contributed by atoms with E-state index in [1.165, 1.54) is 18.2 Å². The van der Waals surface area contributed by atoms with Crippen LogP contribution >= 0.6 is 11.6 Å². The zero-order valence-electron chi connectivity index (χ0n) is 8.00. The summed E-state index contributed by atoms with van der Waals surface area (Å²) in [7, 11) is 0. The quantitative estimate of drug-likeness (QED) is 0.845. The Balaban J connectivity index is 2.77. The smallest absolute Gasteiger partial charge is 0.138 e. The van der Waals surface area contributed by atoms with Gasteiger partial charge < -0.3 is 9.84 Å². The normalized spacial score (nSPS) is 14.9. The van der Waals surface area contributed by atoms with E-state index in [0.29, 0.717) is 5.75 Å². The molecule has 1 aromatic carbocycles. The molecule has 2 atom stereocenters. The van der Waals surface area contributed by atoms with E-state index in [2.05, 4.69) is 0 Å². The molecule has 0 saturated heterocycles. The van der Waals surface area contributed by atoms with Crippen molar-refractivity contribution in [3.63, 3.8) is 0 Å². The van der Waals surface area contributed by atoms with Crippen LogP contribution in [0.4, 0.5) is 4.39 Å². The molecule has 0 aliphatic heterocycles. The van der Waals surface area contributed by atoms with E-state index in [9.17, 15) is 9.50 Å². The number of aliphatic hydroxyl groups excluding tert-OH is 1. The van der Waals surface area contributed by atoms with Crippen molar-refractivity contribution in [2.75, 3.05) is 0 Å². The van der Waals surface area contributed by atoms with Gasteiger partial charge in [0.2, 0.25) is 0 Å². The van der Waals surface area contributed by atoms with Crippen molar-refractivity contribution in [1.82, 2.24) is 0 Å². The number of ether oxygens (including phenoxy) is 1. The molecule has 0 aromatic heterocycles. The first-order valence-corrected chi connectivity index (χ1v) is 4.68. The summed E-state index contributed by atoms with van der Waals surface area (Å²) in [4.78, 5) is 0. The highest BCUT2D eigenvalue weighted by atomic mass is 35.5. The van der Waals surface area contributed by atoms with Gasteiger partial charge in [-0.2, -0.15) is 0 Å². The zero-order valence-corrected chi connectivity index (χ0v) is 8.75. The fourth-order valence-electron chi connectivity index (χ4n) is 0.870. The lowest BCUT2D eigenvalue weighted by Crippen LogP contribution is -2.25. The van der Waals surface area contributed by atoms with Crippen LogP contribution in [0.2, 0.25) is 5.02 Å². The second-order valence-corrected chi connectivity index (χ2v) is 3.55. The van der Waals surface area contributed by atoms with E-state index >= 15 is 0 Å². The van der Waals surface area contributed by atoms with Crippen molar-refractivity contribution >= 4 is 11.6 Å². The summed E-state index contributed by atoms with van der Waals surface area (Å²) in [5.74, 6) is -0.0338. The molecule has 0 amide bonds. The second kappa shape index (κ2) is 4.62. The Kier molecular flexibility index (Phi) is 3.72. The van der Waals surface area contributed by atoms with Crippen molar-refractivity contribution < 1.29 is 14.2 Å². The molecule has 0 bridgehead atoms. The van der Waals surface area contributed by atoms with Gasteiger partial charge in [0, 0.05) is 0 Å². The lowest BCUT2D eigenvalue weighted by Gasteiger charge is -2.17. The molecule has 0 spiro atoms. The molecule has 2 unspecified atom stereocenters. The van der Waals surface area contributed by atoms with Crippen LogP contribution in [0.5, 0.6) is 5.75 Å². The second-order valence-electron chi connectivity index (χ2n) is 3.14. The minimum atomic E-state index is -0.601. The number of benzene rings is 1. The zero-order chi connectivity index (χ0) is 10.7. The van der Waals surface area contributed by atoms with Crippen LogP contribution in [0.15, 0.2) is 18.2 Å². The SMILES string of the molecule is CC(O)C(C)Oc1ccc(F)cc1Cl. The molecule has 0 saturated carbocycles. The molecule has 1 aromatic rings. The predicted octanol–water partition coefficient (Wildman–Crippen LogP) is 2.63. The van der Waals surface area contributed by atoms with Crippen LogP contribution in [-0.2, 0) is 0 Å². The van der Waals surface area contributed by atoms with Gasteiger partial charge in [0.1, 0.15) is 17.7 Å². The highest BCUT2D eigenvalue weighted by molar-refractivity contribution is 6.32. The summed E-state index contributed by atoms with van der Waals surface area (Å²) >= 11 is 5.73. The lowest BCUT2D eigenvalue weighted by molar-refractivity contribution is 0.0605. The number of hydrogen-bond acceptors (Lipinski definition) is 2. The summed E-state index contributed by atoms with van der Waals surface area (Å²) < 4.78 is 18.0. The molecule has 0 aliphatic rings. The summed E-state index contributed by atoms with van der Waals surface area (Å²) in [5.41, 5.74) is 0. The van der Waals surface area contributed by atoms with Gasteiger partial charge in [0.05, 0.1) is 11.1 Å². The third-order valence-corrected chi connectivity index (χ3v) is 2.18. The van der Waals surface area contributed by atoms with Gasteiger partial charge in [-0.1, -0.05) is 11.6 Å². The molecule has 0 heterocycles. The van der Waals surface area contributed by atoms with Gasteiger partial charge in [0.25, 0.3) is 0 Å². The van der Waals surface area contributed by atoms with Crippen LogP contribution in [-0.4, -0.2) is 17.3 Å². The lowest BCUT2D eigenvalue weighted by atomic mass is 10.2. The third-order valence-electron chi connectivity index (χ3n) is 1.89. The van der Waals surface area contributed by atoms with Gasteiger partial charge in [-0.25, -0.2) is 4.39 Å². The van der Waals surface area contributed by atoms with E-state index < -0.39 is 11.9 Å². The van der Waals surface area contributed by atoms with Crippen LogP contribution in [0.3, 0.4) is 0 Å². The summed E-state index contributed by atoms with van der Waals surface area (Å²) in [6.07, 6.45) is -0.978. The van der Waals surface area contributed by atoms with E-state index in [4.69, 9.17) is 16.3 Å². The highest BCUT2D eigenvalue weighted by Crippen LogP contribution is 2.26. The maximum Gasteiger partial charge on any atom is 0.138 e. The molecule has 0 fully saturated rings. The molecule has 14 heavy (non-hydrogen) atoms. The maximum absolute atomic E-state index is 12.7. The summed E-state index contributed by atoms with van der Waals surface area (Å²) in [6, 6.07) is 3.87. The van der Waals surface area contributed by atoms with Gasteiger partial charge in [-0.05, 0) is 32.0 Å². The number of hydrogen-bond donors (Lipinski definition) is 1.